The predicted molar refractivity (Wildman–Crippen MR) is 46.1 cm³/mol. The maximum atomic E-state index is 11.3. The van der Waals surface area contributed by atoms with Crippen LogP contribution in [-0.2, 0) is 16.6 Å². The van der Waals surface area contributed by atoms with E-state index < -0.39 is 0 Å². The molecule has 3 rings (SSSR count). The molecule has 1 nitrogen and oxygen atoms in total. The van der Waals surface area contributed by atoms with Crippen LogP contribution < -0.4 is 0 Å². The second-order valence-corrected chi connectivity index (χ2v) is 3.84. The Bertz CT molecular complexity index is 367. The first kappa shape index (κ1) is 6.41. The van der Waals surface area contributed by atoms with Gasteiger partial charge in [0.2, 0.25) is 0 Å². The van der Waals surface area contributed by atoms with E-state index in [0.29, 0.717) is 5.78 Å². The quantitative estimate of drug-likeness (QED) is 0.563. The van der Waals surface area contributed by atoms with Crippen molar-refractivity contribution in [3.8, 4) is 0 Å². The molecule has 1 aromatic rings. The number of aryl methyl sites for hydroxylation is 1. The number of hydrogen-bond donors (Lipinski definition) is 0. The monoisotopic (exact) mass is 158 g/mol. The van der Waals surface area contributed by atoms with Crippen LogP contribution in [0.3, 0.4) is 0 Å². The van der Waals surface area contributed by atoms with Gasteiger partial charge in [-0.25, -0.2) is 0 Å². The second-order valence-electron chi connectivity index (χ2n) is 3.84. The summed E-state index contributed by atoms with van der Waals surface area (Å²) < 4.78 is 0. The Morgan fingerprint density at radius 1 is 1.25 bits per heavy atom. The molecule has 1 aromatic carbocycles. The van der Waals surface area contributed by atoms with Crippen LogP contribution in [0, 0.1) is 0 Å². The zero-order valence-electron chi connectivity index (χ0n) is 6.84. The Morgan fingerprint density at radius 3 is 2.75 bits per heavy atom. The topological polar surface area (TPSA) is 17.1 Å². The molecule has 60 valence electrons. The summed E-state index contributed by atoms with van der Waals surface area (Å²) in [5.74, 6) is 0.451. The van der Waals surface area contributed by atoms with Gasteiger partial charge in [-0.15, -0.1) is 0 Å². The summed E-state index contributed by atoms with van der Waals surface area (Å²) in [6, 6.07) is 8.37. The van der Waals surface area contributed by atoms with Gasteiger partial charge in [-0.1, -0.05) is 24.3 Å². The van der Waals surface area contributed by atoms with E-state index in [9.17, 15) is 4.79 Å². The fourth-order valence-electron chi connectivity index (χ4n) is 2.39. The average molecular weight is 158 g/mol. The molecule has 1 spiro atoms. The first-order chi connectivity index (χ1) is 5.83. The molecule has 0 heterocycles. The van der Waals surface area contributed by atoms with E-state index in [1.807, 2.05) is 6.07 Å². The van der Waals surface area contributed by atoms with E-state index in [1.54, 1.807) is 0 Å². The molecule has 0 saturated heterocycles. The van der Waals surface area contributed by atoms with Crippen LogP contribution in [0.4, 0.5) is 0 Å². The predicted octanol–water partition coefficient (Wildman–Crippen LogP) is 1.84. The van der Waals surface area contributed by atoms with Crippen molar-refractivity contribution < 1.29 is 4.79 Å². The first-order valence-corrected chi connectivity index (χ1v) is 4.45. The van der Waals surface area contributed by atoms with Crippen molar-refractivity contribution in [3.63, 3.8) is 0 Å². The van der Waals surface area contributed by atoms with Gasteiger partial charge in [0.25, 0.3) is 0 Å². The smallest absolute Gasteiger partial charge is 0.145 e. The molecule has 12 heavy (non-hydrogen) atoms. The molecule has 2 aliphatic carbocycles. The lowest BCUT2D eigenvalue weighted by Crippen LogP contribution is -2.03. The van der Waals surface area contributed by atoms with E-state index in [-0.39, 0.29) is 5.41 Å². The summed E-state index contributed by atoms with van der Waals surface area (Å²) >= 11 is 0. The number of carbonyl (C=O) groups excluding carboxylic acids is 1. The maximum absolute atomic E-state index is 11.3. The number of Topliss-reactive ketones (excluding diaryl/α,β-unsaturated/α-hetero) is 1. The molecule has 2 aliphatic rings. The average Bonchev–Trinajstić information content (AvgIpc) is 2.58. The highest BCUT2D eigenvalue weighted by Crippen LogP contribution is 2.53. The van der Waals surface area contributed by atoms with Crippen molar-refractivity contribution >= 4 is 5.78 Å². The number of fused-ring (bicyclic) bond motifs is 2. The highest BCUT2D eigenvalue weighted by molar-refractivity contribution is 6.07. The van der Waals surface area contributed by atoms with Crippen molar-refractivity contribution in [2.24, 2.45) is 0 Å². The van der Waals surface area contributed by atoms with Gasteiger partial charge in [0.1, 0.15) is 5.78 Å². The minimum absolute atomic E-state index is 0.00338. The molecule has 0 amide bonds. The summed E-state index contributed by atoms with van der Waals surface area (Å²) in [5, 5.41) is 0. The molecule has 0 bridgehead atoms. The molecule has 0 aromatic heterocycles. The zero-order chi connectivity index (χ0) is 8.18. The third kappa shape index (κ3) is 0.580. The molecule has 1 atom stereocenters. The Kier molecular flexibility index (Phi) is 0.957. The van der Waals surface area contributed by atoms with Crippen LogP contribution in [0.15, 0.2) is 24.3 Å². The van der Waals surface area contributed by atoms with Crippen LogP contribution in [-0.4, -0.2) is 5.78 Å². The van der Waals surface area contributed by atoms with Gasteiger partial charge < -0.3 is 0 Å². The van der Waals surface area contributed by atoms with Crippen LogP contribution >= 0.6 is 0 Å². The highest BCUT2D eigenvalue weighted by Gasteiger charge is 2.57. The van der Waals surface area contributed by atoms with Gasteiger partial charge in [-0.05, 0) is 24.0 Å². The normalized spacial score (nSPS) is 30.8. The fraction of sp³-hybridized carbons (Fsp3) is 0.364. The van der Waals surface area contributed by atoms with E-state index in [1.165, 1.54) is 11.1 Å². The molecule has 1 unspecified atom stereocenters. The zero-order valence-corrected chi connectivity index (χ0v) is 6.84. The molecule has 1 fully saturated rings. The van der Waals surface area contributed by atoms with E-state index in [4.69, 9.17) is 0 Å². The van der Waals surface area contributed by atoms with Crippen molar-refractivity contribution in [1.82, 2.24) is 0 Å². The molecule has 0 N–H and O–H groups in total. The molecular formula is C11H10O. The fourth-order valence-corrected chi connectivity index (χ4v) is 2.39. The Labute approximate surface area is 71.4 Å². The molecular weight excluding hydrogens is 148 g/mol. The SMILES string of the molecule is O=C1CC12CCc1ccccc12. The standard InChI is InChI=1S/C11H10O/c12-10-7-11(10)6-5-8-3-1-2-4-9(8)11/h1-4H,5-7H2. The van der Waals surface area contributed by atoms with Crippen LogP contribution in [0.2, 0.25) is 0 Å². The third-order valence-electron chi connectivity index (χ3n) is 3.23. The summed E-state index contributed by atoms with van der Waals surface area (Å²) in [7, 11) is 0. The number of benzene rings is 1. The molecule has 0 aliphatic heterocycles. The van der Waals surface area contributed by atoms with E-state index in [0.717, 1.165) is 19.3 Å². The number of hydrogen-bond acceptors (Lipinski definition) is 1. The first-order valence-electron chi connectivity index (χ1n) is 4.45. The minimum atomic E-state index is -0.00338. The summed E-state index contributed by atoms with van der Waals surface area (Å²) in [4.78, 5) is 11.3. The van der Waals surface area contributed by atoms with Crippen LogP contribution in [0.1, 0.15) is 24.0 Å². The summed E-state index contributed by atoms with van der Waals surface area (Å²) in [5.41, 5.74) is 2.70. The summed E-state index contributed by atoms with van der Waals surface area (Å²) in [6.07, 6.45) is 2.96. The van der Waals surface area contributed by atoms with Gasteiger partial charge >= 0.3 is 0 Å². The lowest BCUT2D eigenvalue weighted by molar-refractivity contribution is -0.111. The second kappa shape index (κ2) is 1.79. The lowest BCUT2D eigenvalue weighted by atomic mass is 9.99. The molecule has 1 saturated carbocycles. The maximum Gasteiger partial charge on any atom is 0.145 e. The largest absolute Gasteiger partial charge is 0.299 e. The highest BCUT2D eigenvalue weighted by atomic mass is 16.1. The van der Waals surface area contributed by atoms with E-state index in [2.05, 4.69) is 18.2 Å². The van der Waals surface area contributed by atoms with Gasteiger partial charge in [0.05, 0.1) is 5.41 Å². The summed E-state index contributed by atoms with van der Waals surface area (Å²) in [6.45, 7) is 0. The minimum Gasteiger partial charge on any atom is -0.299 e. The number of ketones is 1. The Hall–Kier alpha value is -1.11. The van der Waals surface area contributed by atoms with Gasteiger partial charge in [0.15, 0.2) is 0 Å². The van der Waals surface area contributed by atoms with Gasteiger partial charge in [0, 0.05) is 6.42 Å². The molecule has 0 radical (unpaired) electrons. The van der Waals surface area contributed by atoms with Crippen molar-refractivity contribution in [3.05, 3.63) is 35.4 Å². The van der Waals surface area contributed by atoms with Gasteiger partial charge in [-0.3, -0.25) is 4.79 Å². The van der Waals surface area contributed by atoms with E-state index >= 15 is 0 Å². The van der Waals surface area contributed by atoms with Crippen molar-refractivity contribution in [1.29, 1.82) is 0 Å². The number of carbonyl (C=O) groups is 1. The van der Waals surface area contributed by atoms with Crippen molar-refractivity contribution in [2.75, 3.05) is 0 Å². The number of rotatable bonds is 0. The Balaban J connectivity index is 2.21. The van der Waals surface area contributed by atoms with Crippen LogP contribution in [0.5, 0.6) is 0 Å². The van der Waals surface area contributed by atoms with Crippen molar-refractivity contribution in [2.45, 2.75) is 24.7 Å². The van der Waals surface area contributed by atoms with Gasteiger partial charge in [-0.2, -0.15) is 0 Å². The third-order valence-corrected chi connectivity index (χ3v) is 3.23. The molecule has 1 heteroatoms. The lowest BCUT2D eigenvalue weighted by Gasteiger charge is -2.03. The van der Waals surface area contributed by atoms with Crippen LogP contribution in [0.25, 0.3) is 0 Å². The Morgan fingerprint density at radius 2 is 2.00 bits per heavy atom.